The molecule has 0 amide bonds. The Kier molecular flexibility index (Phi) is 4.04. The minimum atomic E-state index is 0.495. The third-order valence-electron chi connectivity index (χ3n) is 3.09. The number of furan rings is 1. The first kappa shape index (κ1) is 12.0. The molecule has 3 heteroatoms. The Labute approximate surface area is 102 Å². The normalized spacial score (nSPS) is 12.8. The van der Waals surface area contributed by atoms with Crippen LogP contribution >= 0.6 is 0 Å². The van der Waals surface area contributed by atoms with Gasteiger partial charge in [0.25, 0.3) is 0 Å². The molecule has 0 saturated carbocycles. The number of aryl methyl sites for hydroxylation is 2. The minimum Gasteiger partial charge on any atom is -0.469 e. The van der Waals surface area contributed by atoms with Crippen molar-refractivity contribution in [2.75, 3.05) is 0 Å². The highest BCUT2D eigenvalue weighted by atomic mass is 16.3. The van der Waals surface area contributed by atoms with Crippen LogP contribution in [0.4, 0.5) is 0 Å². The van der Waals surface area contributed by atoms with Gasteiger partial charge in [0.05, 0.1) is 6.26 Å². The van der Waals surface area contributed by atoms with E-state index in [1.807, 2.05) is 12.1 Å². The zero-order valence-electron chi connectivity index (χ0n) is 10.5. The standard InChI is InChI=1S/C14H20N2O/c1-12(7-8-14-6-4-10-17-14)15-11-13-5-3-9-16(13)2/h3-6,9-10,12,15H,7-8,11H2,1-2H3. The van der Waals surface area contributed by atoms with Crippen LogP contribution in [0.5, 0.6) is 0 Å². The third-order valence-corrected chi connectivity index (χ3v) is 3.09. The first-order valence-corrected chi connectivity index (χ1v) is 6.11. The molecule has 2 aromatic heterocycles. The molecule has 3 nitrogen and oxygen atoms in total. The summed E-state index contributed by atoms with van der Waals surface area (Å²) in [4.78, 5) is 0. The largest absolute Gasteiger partial charge is 0.469 e. The molecule has 0 spiro atoms. The van der Waals surface area contributed by atoms with Gasteiger partial charge in [-0.15, -0.1) is 0 Å². The molecule has 0 aliphatic heterocycles. The van der Waals surface area contributed by atoms with Crippen molar-refractivity contribution in [2.45, 2.75) is 32.4 Å². The maximum Gasteiger partial charge on any atom is 0.103 e. The van der Waals surface area contributed by atoms with Crippen molar-refractivity contribution in [1.82, 2.24) is 9.88 Å². The predicted molar refractivity (Wildman–Crippen MR) is 68.7 cm³/mol. The lowest BCUT2D eigenvalue weighted by Crippen LogP contribution is -2.26. The average molecular weight is 232 g/mol. The molecule has 0 aliphatic carbocycles. The second-order valence-corrected chi connectivity index (χ2v) is 4.51. The number of nitrogens with zero attached hydrogens (tertiary/aromatic N) is 1. The highest BCUT2D eigenvalue weighted by molar-refractivity contribution is 5.06. The van der Waals surface area contributed by atoms with Gasteiger partial charge >= 0.3 is 0 Å². The van der Waals surface area contributed by atoms with Crippen molar-refractivity contribution >= 4 is 0 Å². The van der Waals surface area contributed by atoms with Gasteiger partial charge in [0, 0.05) is 37.9 Å². The summed E-state index contributed by atoms with van der Waals surface area (Å²) in [6.45, 7) is 3.13. The van der Waals surface area contributed by atoms with Crippen LogP contribution in [0.25, 0.3) is 0 Å². The highest BCUT2D eigenvalue weighted by Crippen LogP contribution is 2.06. The maximum absolute atomic E-state index is 5.32. The van der Waals surface area contributed by atoms with E-state index >= 15 is 0 Å². The highest BCUT2D eigenvalue weighted by Gasteiger charge is 2.04. The van der Waals surface area contributed by atoms with Gasteiger partial charge in [0.15, 0.2) is 0 Å². The molecule has 2 aromatic rings. The summed E-state index contributed by atoms with van der Waals surface area (Å²) in [6, 6.07) is 8.69. The monoisotopic (exact) mass is 232 g/mol. The SMILES string of the molecule is CC(CCc1ccco1)NCc1cccn1C. The molecule has 0 aromatic carbocycles. The zero-order chi connectivity index (χ0) is 12.1. The number of nitrogens with one attached hydrogen (secondary N) is 1. The van der Waals surface area contributed by atoms with Gasteiger partial charge in [-0.3, -0.25) is 0 Å². The maximum atomic E-state index is 5.32. The van der Waals surface area contributed by atoms with Gasteiger partial charge in [-0.05, 0) is 37.6 Å². The van der Waals surface area contributed by atoms with E-state index in [2.05, 4.69) is 42.2 Å². The first-order valence-electron chi connectivity index (χ1n) is 6.11. The molecule has 17 heavy (non-hydrogen) atoms. The first-order chi connectivity index (χ1) is 8.25. The number of rotatable bonds is 6. The van der Waals surface area contributed by atoms with Gasteiger partial charge in [-0.25, -0.2) is 0 Å². The molecular formula is C14H20N2O. The lowest BCUT2D eigenvalue weighted by molar-refractivity contribution is 0.456. The Morgan fingerprint density at radius 3 is 2.88 bits per heavy atom. The van der Waals surface area contributed by atoms with Crippen LogP contribution in [0.15, 0.2) is 41.1 Å². The minimum absolute atomic E-state index is 0.495. The van der Waals surface area contributed by atoms with E-state index in [1.165, 1.54) is 5.69 Å². The lowest BCUT2D eigenvalue weighted by atomic mass is 10.1. The van der Waals surface area contributed by atoms with E-state index in [1.54, 1.807) is 6.26 Å². The van der Waals surface area contributed by atoms with E-state index in [-0.39, 0.29) is 0 Å². The van der Waals surface area contributed by atoms with Crippen LogP contribution in [0.3, 0.4) is 0 Å². The molecule has 2 rings (SSSR count). The quantitative estimate of drug-likeness (QED) is 0.830. The molecule has 1 unspecified atom stereocenters. The summed E-state index contributed by atoms with van der Waals surface area (Å²) in [5.74, 6) is 1.07. The second-order valence-electron chi connectivity index (χ2n) is 4.51. The van der Waals surface area contributed by atoms with E-state index in [9.17, 15) is 0 Å². The Bertz CT molecular complexity index is 431. The fourth-order valence-electron chi connectivity index (χ4n) is 1.87. The molecule has 1 N–H and O–H groups in total. The predicted octanol–water partition coefficient (Wildman–Crippen LogP) is 2.73. The molecule has 0 fully saturated rings. The molecule has 92 valence electrons. The second kappa shape index (κ2) is 5.73. The molecule has 0 saturated heterocycles. The van der Waals surface area contributed by atoms with Crippen LogP contribution in [-0.4, -0.2) is 10.6 Å². The van der Waals surface area contributed by atoms with E-state index in [4.69, 9.17) is 4.42 Å². The van der Waals surface area contributed by atoms with Gasteiger partial charge in [-0.1, -0.05) is 0 Å². The van der Waals surface area contributed by atoms with E-state index in [0.717, 1.165) is 25.1 Å². The van der Waals surface area contributed by atoms with Gasteiger partial charge in [-0.2, -0.15) is 0 Å². The summed E-state index contributed by atoms with van der Waals surface area (Å²) in [5.41, 5.74) is 1.31. The average Bonchev–Trinajstić information content (AvgIpc) is 2.95. The summed E-state index contributed by atoms with van der Waals surface area (Å²) in [7, 11) is 2.07. The van der Waals surface area contributed by atoms with Crippen molar-refractivity contribution in [3.05, 3.63) is 48.2 Å². The summed E-state index contributed by atoms with van der Waals surface area (Å²) >= 11 is 0. The van der Waals surface area contributed by atoms with Gasteiger partial charge < -0.3 is 14.3 Å². The molecule has 2 heterocycles. The molecular weight excluding hydrogens is 212 g/mol. The summed E-state index contributed by atoms with van der Waals surface area (Å²) < 4.78 is 7.47. The van der Waals surface area contributed by atoms with Crippen molar-refractivity contribution < 1.29 is 4.42 Å². The fraction of sp³-hybridized carbons (Fsp3) is 0.429. The number of aromatic nitrogens is 1. The smallest absolute Gasteiger partial charge is 0.103 e. The Morgan fingerprint density at radius 2 is 2.24 bits per heavy atom. The lowest BCUT2D eigenvalue weighted by Gasteiger charge is -2.13. The van der Waals surface area contributed by atoms with Gasteiger partial charge in [0.1, 0.15) is 5.76 Å². The van der Waals surface area contributed by atoms with Crippen molar-refractivity contribution in [1.29, 1.82) is 0 Å². The Hall–Kier alpha value is -1.48. The molecule has 0 bridgehead atoms. The molecule has 0 aliphatic rings. The van der Waals surface area contributed by atoms with Crippen LogP contribution in [0.1, 0.15) is 24.8 Å². The summed E-state index contributed by atoms with van der Waals surface area (Å²) in [5, 5.41) is 3.53. The summed E-state index contributed by atoms with van der Waals surface area (Å²) in [6.07, 6.45) is 5.90. The zero-order valence-corrected chi connectivity index (χ0v) is 10.5. The van der Waals surface area contributed by atoms with Gasteiger partial charge in [0.2, 0.25) is 0 Å². The third kappa shape index (κ3) is 3.49. The van der Waals surface area contributed by atoms with E-state index < -0.39 is 0 Å². The van der Waals surface area contributed by atoms with Crippen LogP contribution in [0, 0.1) is 0 Å². The Morgan fingerprint density at radius 1 is 1.35 bits per heavy atom. The van der Waals surface area contributed by atoms with Crippen LogP contribution < -0.4 is 5.32 Å². The van der Waals surface area contributed by atoms with Crippen molar-refractivity contribution in [3.8, 4) is 0 Å². The van der Waals surface area contributed by atoms with Crippen LogP contribution in [0.2, 0.25) is 0 Å². The van der Waals surface area contributed by atoms with Crippen molar-refractivity contribution in [3.63, 3.8) is 0 Å². The van der Waals surface area contributed by atoms with Crippen molar-refractivity contribution in [2.24, 2.45) is 7.05 Å². The molecule has 1 atom stereocenters. The Balaban J connectivity index is 1.71. The number of hydrogen-bond donors (Lipinski definition) is 1. The van der Waals surface area contributed by atoms with E-state index in [0.29, 0.717) is 6.04 Å². The topological polar surface area (TPSA) is 30.1 Å². The number of hydrogen-bond acceptors (Lipinski definition) is 2. The van der Waals surface area contributed by atoms with Crippen LogP contribution in [-0.2, 0) is 20.0 Å². The molecule has 0 radical (unpaired) electrons. The fourth-order valence-corrected chi connectivity index (χ4v) is 1.87.